The van der Waals surface area contributed by atoms with E-state index >= 15 is 0 Å². The molecule has 0 aliphatic carbocycles. The van der Waals surface area contributed by atoms with Crippen molar-refractivity contribution in [2.75, 3.05) is 6.54 Å². The van der Waals surface area contributed by atoms with Crippen LogP contribution < -0.4 is 10.9 Å². The summed E-state index contributed by atoms with van der Waals surface area (Å²) in [5.41, 5.74) is 7.72. The van der Waals surface area contributed by atoms with Gasteiger partial charge in [0.1, 0.15) is 0 Å². The zero-order valence-electron chi connectivity index (χ0n) is 7.53. The highest BCUT2D eigenvalue weighted by Gasteiger charge is 2.24. The lowest BCUT2D eigenvalue weighted by Crippen LogP contribution is -2.24. The minimum Gasteiger partial charge on any atom is -0.257 e. The van der Waals surface area contributed by atoms with E-state index in [1.54, 1.807) is 0 Å². The molecule has 2 heteroatoms. The molecular formula is C11H14N2. The van der Waals surface area contributed by atoms with E-state index in [-0.39, 0.29) is 0 Å². The minimum absolute atomic E-state index is 0.374. The van der Waals surface area contributed by atoms with Gasteiger partial charge in [0.15, 0.2) is 0 Å². The van der Waals surface area contributed by atoms with Gasteiger partial charge in [0.05, 0.1) is 6.04 Å². The summed E-state index contributed by atoms with van der Waals surface area (Å²) >= 11 is 0. The van der Waals surface area contributed by atoms with Crippen molar-refractivity contribution >= 4 is 0 Å². The van der Waals surface area contributed by atoms with Crippen molar-refractivity contribution < 1.29 is 0 Å². The van der Waals surface area contributed by atoms with Gasteiger partial charge in [0.2, 0.25) is 0 Å². The van der Waals surface area contributed by atoms with Gasteiger partial charge in [-0.15, -0.1) is 6.58 Å². The van der Waals surface area contributed by atoms with Gasteiger partial charge in [-0.3, -0.25) is 5.43 Å². The molecule has 0 saturated carbocycles. The molecule has 0 bridgehead atoms. The number of nitrogens with one attached hydrogen (secondary N) is 2. The van der Waals surface area contributed by atoms with Crippen molar-refractivity contribution in [2.24, 2.45) is 5.92 Å². The Morgan fingerprint density at radius 1 is 1.31 bits per heavy atom. The smallest absolute Gasteiger partial charge is 0.0537 e. The summed E-state index contributed by atoms with van der Waals surface area (Å²) in [7, 11) is 0. The van der Waals surface area contributed by atoms with Crippen molar-refractivity contribution in [3.63, 3.8) is 0 Å². The molecule has 1 fully saturated rings. The molecule has 1 aliphatic rings. The summed E-state index contributed by atoms with van der Waals surface area (Å²) in [5.74, 6) is 0.488. The minimum atomic E-state index is 0.374. The first kappa shape index (κ1) is 8.48. The number of benzene rings is 1. The van der Waals surface area contributed by atoms with Crippen LogP contribution in [0.3, 0.4) is 0 Å². The second kappa shape index (κ2) is 3.73. The van der Waals surface area contributed by atoms with E-state index < -0.39 is 0 Å². The molecule has 1 saturated heterocycles. The molecule has 2 atom stereocenters. The Balaban J connectivity index is 2.21. The molecule has 2 unspecified atom stereocenters. The van der Waals surface area contributed by atoms with Crippen LogP contribution in [-0.4, -0.2) is 6.54 Å². The van der Waals surface area contributed by atoms with Crippen LogP contribution in [0.15, 0.2) is 43.0 Å². The van der Waals surface area contributed by atoms with Gasteiger partial charge in [-0.1, -0.05) is 36.4 Å². The topological polar surface area (TPSA) is 24.1 Å². The van der Waals surface area contributed by atoms with Crippen LogP contribution in [0.25, 0.3) is 0 Å². The van der Waals surface area contributed by atoms with E-state index in [9.17, 15) is 0 Å². The predicted molar refractivity (Wildman–Crippen MR) is 54.0 cm³/mol. The van der Waals surface area contributed by atoms with Crippen molar-refractivity contribution in [2.45, 2.75) is 6.04 Å². The Labute approximate surface area is 78.6 Å². The summed E-state index contributed by atoms with van der Waals surface area (Å²) in [5, 5.41) is 0. The van der Waals surface area contributed by atoms with E-state index in [2.05, 4.69) is 41.7 Å². The Morgan fingerprint density at radius 3 is 2.77 bits per heavy atom. The Bertz CT molecular complexity index is 281. The number of rotatable bonds is 2. The van der Waals surface area contributed by atoms with Gasteiger partial charge in [0, 0.05) is 12.5 Å². The molecule has 2 N–H and O–H groups in total. The summed E-state index contributed by atoms with van der Waals surface area (Å²) in [6.45, 7) is 4.80. The van der Waals surface area contributed by atoms with Crippen LogP contribution in [0.1, 0.15) is 11.6 Å². The molecule has 68 valence electrons. The van der Waals surface area contributed by atoms with Crippen LogP contribution >= 0.6 is 0 Å². The first-order valence-corrected chi connectivity index (χ1v) is 4.57. The zero-order valence-corrected chi connectivity index (χ0v) is 7.53. The normalized spacial score (nSPS) is 27.4. The molecule has 2 rings (SSSR count). The van der Waals surface area contributed by atoms with E-state index in [0.29, 0.717) is 12.0 Å². The quantitative estimate of drug-likeness (QED) is 0.666. The molecule has 13 heavy (non-hydrogen) atoms. The molecule has 1 aromatic rings. The lowest BCUT2D eigenvalue weighted by molar-refractivity contribution is 0.540. The second-order valence-electron chi connectivity index (χ2n) is 3.31. The van der Waals surface area contributed by atoms with Crippen LogP contribution in [0.5, 0.6) is 0 Å². The maximum atomic E-state index is 3.84. The summed E-state index contributed by atoms with van der Waals surface area (Å²) < 4.78 is 0. The third kappa shape index (κ3) is 1.64. The predicted octanol–water partition coefficient (Wildman–Crippen LogP) is 1.64. The molecule has 1 aliphatic heterocycles. The fourth-order valence-corrected chi connectivity index (χ4v) is 1.72. The molecular weight excluding hydrogens is 160 g/mol. The average Bonchev–Trinajstić information content (AvgIpc) is 2.67. The van der Waals surface area contributed by atoms with Crippen LogP contribution in [0, 0.1) is 5.92 Å². The van der Waals surface area contributed by atoms with Gasteiger partial charge in [-0.2, -0.15) is 0 Å². The molecule has 0 spiro atoms. The van der Waals surface area contributed by atoms with Gasteiger partial charge < -0.3 is 0 Å². The van der Waals surface area contributed by atoms with Crippen molar-refractivity contribution in [3.05, 3.63) is 48.6 Å². The molecule has 0 radical (unpaired) electrons. The molecule has 0 aromatic heterocycles. The Hall–Kier alpha value is -1.12. The van der Waals surface area contributed by atoms with Crippen LogP contribution in [0.4, 0.5) is 0 Å². The van der Waals surface area contributed by atoms with Crippen molar-refractivity contribution in [1.29, 1.82) is 0 Å². The number of hydrogen-bond donors (Lipinski definition) is 2. The molecule has 0 amide bonds. The van der Waals surface area contributed by atoms with Gasteiger partial charge in [-0.25, -0.2) is 5.43 Å². The van der Waals surface area contributed by atoms with Gasteiger partial charge in [0.25, 0.3) is 0 Å². The average molecular weight is 174 g/mol. The van der Waals surface area contributed by atoms with Gasteiger partial charge in [-0.05, 0) is 5.56 Å². The van der Waals surface area contributed by atoms with Gasteiger partial charge >= 0.3 is 0 Å². The highest BCUT2D eigenvalue weighted by molar-refractivity contribution is 5.21. The summed E-state index contributed by atoms with van der Waals surface area (Å²) in [6, 6.07) is 10.8. The Morgan fingerprint density at radius 2 is 2.08 bits per heavy atom. The Kier molecular flexibility index (Phi) is 2.43. The lowest BCUT2D eigenvalue weighted by Gasteiger charge is -2.14. The molecule has 1 heterocycles. The number of hydrogen-bond acceptors (Lipinski definition) is 2. The lowest BCUT2D eigenvalue weighted by atomic mass is 9.95. The van der Waals surface area contributed by atoms with E-state index in [1.165, 1.54) is 5.56 Å². The molecule has 1 aromatic carbocycles. The van der Waals surface area contributed by atoms with E-state index in [1.807, 2.05) is 12.1 Å². The molecule has 2 nitrogen and oxygen atoms in total. The second-order valence-corrected chi connectivity index (χ2v) is 3.31. The van der Waals surface area contributed by atoms with E-state index in [4.69, 9.17) is 0 Å². The van der Waals surface area contributed by atoms with Crippen molar-refractivity contribution in [3.8, 4) is 0 Å². The highest BCUT2D eigenvalue weighted by atomic mass is 15.4. The standard InChI is InChI=1S/C11H14N2/c1-2-9-8-12-13-11(9)10-6-4-3-5-7-10/h2-7,9,11-13H,1,8H2. The third-order valence-corrected chi connectivity index (χ3v) is 2.48. The SMILES string of the molecule is C=CC1CNNC1c1ccccc1. The summed E-state index contributed by atoms with van der Waals surface area (Å²) in [4.78, 5) is 0. The first-order valence-electron chi connectivity index (χ1n) is 4.57. The third-order valence-electron chi connectivity index (χ3n) is 2.48. The van der Waals surface area contributed by atoms with Crippen LogP contribution in [-0.2, 0) is 0 Å². The first-order chi connectivity index (χ1) is 6.42. The van der Waals surface area contributed by atoms with E-state index in [0.717, 1.165) is 6.54 Å². The highest BCUT2D eigenvalue weighted by Crippen LogP contribution is 2.24. The summed E-state index contributed by atoms with van der Waals surface area (Å²) in [6.07, 6.45) is 2.00. The maximum Gasteiger partial charge on any atom is 0.0537 e. The van der Waals surface area contributed by atoms with Crippen molar-refractivity contribution in [1.82, 2.24) is 10.9 Å². The monoisotopic (exact) mass is 174 g/mol. The fourth-order valence-electron chi connectivity index (χ4n) is 1.72. The number of hydrazine groups is 1. The fraction of sp³-hybridized carbons (Fsp3) is 0.273. The van der Waals surface area contributed by atoms with Crippen LogP contribution in [0.2, 0.25) is 0 Å². The largest absolute Gasteiger partial charge is 0.257 e. The maximum absolute atomic E-state index is 3.84. The zero-order chi connectivity index (χ0) is 9.10.